The Bertz CT molecular complexity index is 1130. The maximum absolute atomic E-state index is 13.7. The van der Waals surface area contributed by atoms with Crippen LogP contribution in [-0.4, -0.2) is 54.7 Å². The van der Waals surface area contributed by atoms with E-state index in [2.05, 4.69) is 0 Å². The molecule has 1 amide bonds. The lowest BCUT2D eigenvalue weighted by atomic mass is 9.95. The summed E-state index contributed by atoms with van der Waals surface area (Å²) < 4.78 is 33.5. The highest BCUT2D eigenvalue weighted by Crippen LogP contribution is 2.35. The van der Waals surface area contributed by atoms with Gasteiger partial charge in [-0.2, -0.15) is 4.31 Å². The second-order valence-corrected chi connectivity index (χ2v) is 9.52. The molecular weight excluding hydrogens is 422 g/mol. The molecule has 2 aliphatic heterocycles. The summed E-state index contributed by atoms with van der Waals surface area (Å²) in [5, 5.41) is 11.6. The SMILES string of the molecule is COc1ccc(S(=O)(=O)N2Cc3ccccc3CC2C(=O)N2CCCC2)c([N+](=O)[O-])c1. The van der Waals surface area contributed by atoms with Crippen molar-refractivity contribution in [3.05, 3.63) is 63.7 Å². The van der Waals surface area contributed by atoms with Crippen molar-refractivity contribution in [1.29, 1.82) is 0 Å². The standard InChI is InChI=1S/C21H23N3O6S/c1-30-17-8-9-20(18(13-17)24(26)27)31(28,29)23-14-16-7-3-2-6-15(16)12-19(23)21(25)22-10-4-5-11-22/h2-3,6-9,13,19H,4-5,10-12,14H2,1H3. The summed E-state index contributed by atoms with van der Waals surface area (Å²) >= 11 is 0. The van der Waals surface area contributed by atoms with Crippen LogP contribution in [0.5, 0.6) is 5.75 Å². The maximum atomic E-state index is 13.7. The first-order valence-corrected chi connectivity index (χ1v) is 11.5. The summed E-state index contributed by atoms with van der Waals surface area (Å²) in [4.78, 5) is 25.4. The number of nitro benzene ring substituents is 1. The first-order valence-electron chi connectivity index (χ1n) is 10.0. The highest BCUT2D eigenvalue weighted by atomic mass is 32.2. The molecule has 10 heteroatoms. The number of fused-ring (bicyclic) bond motifs is 1. The quantitative estimate of drug-likeness (QED) is 0.516. The Hall–Kier alpha value is -2.98. The van der Waals surface area contributed by atoms with E-state index in [0.29, 0.717) is 13.1 Å². The van der Waals surface area contributed by atoms with Gasteiger partial charge in [-0.05, 0) is 42.5 Å². The molecule has 0 aromatic heterocycles. The van der Waals surface area contributed by atoms with E-state index < -0.39 is 31.6 Å². The molecule has 2 aromatic rings. The van der Waals surface area contributed by atoms with Crippen molar-refractivity contribution >= 4 is 21.6 Å². The second-order valence-electron chi connectivity index (χ2n) is 7.66. The van der Waals surface area contributed by atoms with Crippen molar-refractivity contribution in [3.8, 4) is 5.75 Å². The molecule has 0 bridgehead atoms. The van der Waals surface area contributed by atoms with Gasteiger partial charge in [0.2, 0.25) is 5.91 Å². The average molecular weight is 445 g/mol. The number of carbonyl (C=O) groups is 1. The highest BCUT2D eigenvalue weighted by molar-refractivity contribution is 7.89. The van der Waals surface area contributed by atoms with Crippen LogP contribution in [0.1, 0.15) is 24.0 Å². The van der Waals surface area contributed by atoms with Gasteiger partial charge in [-0.3, -0.25) is 14.9 Å². The molecule has 1 unspecified atom stereocenters. The Labute approximate surface area is 180 Å². The molecule has 164 valence electrons. The third-order valence-corrected chi connectivity index (χ3v) is 7.76. The Balaban J connectivity index is 1.81. The lowest BCUT2D eigenvalue weighted by Crippen LogP contribution is -2.53. The summed E-state index contributed by atoms with van der Waals surface area (Å²) in [6, 6.07) is 10.0. The van der Waals surface area contributed by atoms with Crippen LogP contribution in [0.4, 0.5) is 5.69 Å². The molecule has 0 saturated carbocycles. The lowest BCUT2D eigenvalue weighted by Gasteiger charge is -2.36. The van der Waals surface area contributed by atoms with Gasteiger partial charge in [-0.1, -0.05) is 24.3 Å². The predicted octanol–water partition coefficient (Wildman–Crippen LogP) is 2.34. The Morgan fingerprint density at radius 3 is 2.45 bits per heavy atom. The molecule has 9 nitrogen and oxygen atoms in total. The Morgan fingerprint density at radius 2 is 1.81 bits per heavy atom. The smallest absolute Gasteiger partial charge is 0.293 e. The van der Waals surface area contributed by atoms with E-state index in [1.165, 1.54) is 19.2 Å². The van der Waals surface area contributed by atoms with Gasteiger partial charge < -0.3 is 9.64 Å². The van der Waals surface area contributed by atoms with Crippen LogP contribution in [0.2, 0.25) is 0 Å². The summed E-state index contributed by atoms with van der Waals surface area (Å²) in [6.45, 7) is 1.16. The van der Waals surface area contributed by atoms with E-state index in [9.17, 15) is 23.3 Å². The third-order valence-electron chi connectivity index (χ3n) is 5.86. The molecule has 0 N–H and O–H groups in total. The first-order chi connectivity index (χ1) is 14.8. The minimum Gasteiger partial charge on any atom is -0.497 e. The number of likely N-dealkylation sites (tertiary alicyclic amines) is 1. The molecule has 2 heterocycles. The zero-order valence-electron chi connectivity index (χ0n) is 17.1. The summed E-state index contributed by atoms with van der Waals surface area (Å²) in [6.07, 6.45) is 1.99. The van der Waals surface area contributed by atoms with Crippen molar-refractivity contribution in [1.82, 2.24) is 9.21 Å². The van der Waals surface area contributed by atoms with E-state index in [4.69, 9.17) is 4.74 Å². The largest absolute Gasteiger partial charge is 0.497 e. The van der Waals surface area contributed by atoms with Crippen LogP contribution in [-0.2, 0) is 27.8 Å². The van der Waals surface area contributed by atoms with E-state index in [-0.39, 0.29) is 24.6 Å². The molecule has 0 aliphatic carbocycles. The van der Waals surface area contributed by atoms with Crippen LogP contribution in [0, 0.1) is 10.1 Å². The molecule has 1 fully saturated rings. The maximum Gasteiger partial charge on any atom is 0.293 e. The molecular formula is C21H23N3O6S. The number of nitrogens with zero attached hydrogens (tertiary/aromatic N) is 3. The van der Waals surface area contributed by atoms with Crippen molar-refractivity contribution in [2.45, 2.75) is 36.7 Å². The fraction of sp³-hybridized carbons (Fsp3) is 0.381. The van der Waals surface area contributed by atoms with Crippen LogP contribution in [0.3, 0.4) is 0 Å². The number of nitro groups is 1. The van der Waals surface area contributed by atoms with Crippen LogP contribution >= 0.6 is 0 Å². The molecule has 31 heavy (non-hydrogen) atoms. The molecule has 2 aromatic carbocycles. The zero-order chi connectivity index (χ0) is 22.2. The normalized spacial score (nSPS) is 19.1. The summed E-state index contributed by atoms with van der Waals surface area (Å²) in [5.74, 6) is -0.0777. The minimum atomic E-state index is -4.34. The van der Waals surface area contributed by atoms with Gasteiger partial charge in [0.05, 0.1) is 18.1 Å². The Kier molecular flexibility index (Phi) is 5.67. The number of ether oxygens (including phenoxy) is 1. The van der Waals surface area contributed by atoms with Crippen molar-refractivity contribution in [2.75, 3.05) is 20.2 Å². The average Bonchev–Trinajstić information content (AvgIpc) is 3.32. The van der Waals surface area contributed by atoms with Gasteiger partial charge in [-0.25, -0.2) is 8.42 Å². The van der Waals surface area contributed by atoms with Crippen LogP contribution < -0.4 is 4.74 Å². The molecule has 0 radical (unpaired) electrons. The predicted molar refractivity (Wildman–Crippen MR) is 112 cm³/mol. The third kappa shape index (κ3) is 3.88. The number of benzene rings is 2. The van der Waals surface area contributed by atoms with Crippen LogP contribution in [0.25, 0.3) is 0 Å². The minimum absolute atomic E-state index is 0.0219. The van der Waals surface area contributed by atoms with Crippen molar-refractivity contribution < 1.29 is 22.9 Å². The molecule has 2 aliphatic rings. The van der Waals surface area contributed by atoms with Gasteiger partial charge in [0.25, 0.3) is 15.7 Å². The number of hydrogen-bond donors (Lipinski definition) is 0. The number of carbonyl (C=O) groups excluding carboxylic acids is 1. The fourth-order valence-corrected chi connectivity index (χ4v) is 5.92. The number of methoxy groups -OCH3 is 1. The van der Waals surface area contributed by atoms with Gasteiger partial charge in [0.15, 0.2) is 4.90 Å². The topological polar surface area (TPSA) is 110 Å². The summed E-state index contributed by atoms with van der Waals surface area (Å²) in [7, 11) is -2.99. The molecule has 1 saturated heterocycles. The van der Waals surface area contributed by atoms with Crippen molar-refractivity contribution in [3.63, 3.8) is 0 Å². The van der Waals surface area contributed by atoms with Gasteiger partial charge >= 0.3 is 0 Å². The summed E-state index contributed by atoms with van der Waals surface area (Å²) in [5.41, 5.74) is 1.12. The van der Waals surface area contributed by atoms with Crippen LogP contribution in [0.15, 0.2) is 47.4 Å². The fourth-order valence-electron chi connectivity index (χ4n) is 4.22. The number of rotatable bonds is 5. The van der Waals surface area contributed by atoms with Gasteiger partial charge in [0.1, 0.15) is 11.8 Å². The number of hydrogen-bond acceptors (Lipinski definition) is 6. The van der Waals surface area contributed by atoms with Crippen molar-refractivity contribution in [2.24, 2.45) is 0 Å². The number of amides is 1. The highest BCUT2D eigenvalue weighted by Gasteiger charge is 2.43. The monoisotopic (exact) mass is 445 g/mol. The lowest BCUT2D eigenvalue weighted by molar-refractivity contribution is -0.387. The zero-order valence-corrected chi connectivity index (χ0v) is 17.9. The first kappa shape index (κ1) is 21.3. The van der Waals surface area contributed by atoms with E-state index in [1.807, 2.05) is 24.3 Å². The Morgan fingerprint density at radius 1 is 1.13 bits per heavy atom. The van der Waals surface area contributed by atoms with E-state index >= 15 is 0 Å². The van der Waals surface area contributed by atoms with E-state index in [0.717, 1.165) is 34.3 Å². The molecule has 1 atom stereocenters. The number of sulfonamides is 1. The van der Waals surface area contributed by atoms with Gasteiger partial charge in [0, 0.05) is 19.6 Å². The molecule has 0 spiro atoms. The second kappa shape index (κ2) is 8.27. The van der Waals surface area contributed by atoms with E-state index in [1.54, 1.807) is 4.90 Å². The van der Waals surface area contributed by atoms with Gasteiger partial charge in [-0.15, -0.1) is 0 Å². The molecule has 4 rings (SSSR count).